The Labute approximate surface area is 106 Å². The van der Waals surface area contributed by atoms with Crippen LogP contribution in [0, 0.1) is 24.2 Å². The summed E-state index contributed by atoms with van der Waals surface area (Å²) in [6, 6.07) is 8.91. The van der Waals surface area contributed by atoms with Gasteiger partial charge in [-0.15, -0.1) is 0 Å². The topological polar surface area (TPSA) is 67.2 Å². The first-order valence-electron chi connectivity index (χ1n) is 5.75. The fourth-order valence-corrected chi connectivity index (χ4v) is 1.61. The smallest absolute Gasteiger partial charge is 0.323 e. The Bertz CT molecular complexity index is 488. The normalized spacial score (nSPS) is 11.4. The van der Waals surface area contributed by atoms with Gasteiger partial charge in [0.1, 0.15) is 0 Å². The molecule has 0 aromatic heterocycles. The number of hydrogen-bond acceptors (Lipinski definition) is 4. The molecule has 0 fully saturated rings. The molecule has 0 saturated carbocycles. The van der Waals surface area contributed by atoms with Crippen LogP contribution in [-0.2, 0) is 9.53 Å². The number of benzene rings is 1. The van der Waals surface area contributed by atoms with Crippen molar-refractivity contribution >= 4 is 11.8 Å². The summed E-state index contributed by atoms with van der Waals surface area (Å²) in [5.74, 6) is -1.88. The van der Waals surface area contributed by atoms with Crippen LogP contribution in [0.5, 0.6) is 0 Å². The van der Waals surface area contributed by atoms with E-state index in [2.05, 4.69) is 0 Å². The Hall–Kier alpha value is -2.15. The molecule has 0 radical (unpaired) electrons. The summed E-state index contributed by atoms with van der Waals surface area (Å²) in [6.45, 7) is 3.68. The highest BCUT2D eigenvalue weighted by Crippen LogP contribution is 2.14. The van der Waals surface area contributed by atoms with Crippen molar-refractivity contribution in [3.05, 3.63) is 35.4 Å². The second-order valence-electron chi connectivity index (χ2n) is 3.88. The van der Waals surface area contributed by atoms with Gasteiger partial charge in [0.25, 0.3) is 0 Å². The number of esters is 1. The molecule has 0 aliphatic rings. The molecule has 0 spiro atoms. The minimum absolute atomic E-state index is 0.139. The highest BCUT2D eigenvalue weighted by Gasteiger charge is 2.23. The number of hydrogen-bond donors (Lipinski definition) is 0. The van der Waals surface area contributed by atoms with Gasteiger partial charge in [0.2, 0.25) is 0 Å². The maximum absolute atomic E-state index is 12.0. The van der Waals surface area contributed by atoms with Crippen molar-refractivity contribution in [1.82, 2.24) is 0 Å². The molecule has 0 aliphatic carbocycles. The standard InChI is InChI=1S/C14H15NO3/c1-3-18-14(17)11(9-15)8-13(16)12-7-5-4-6-10(12)2/h4-7,11H,3,8H2,1-2H3. The molecule has 0 amide bonds. The fraction of sp³-hybridized carbons (Fsp3) is 0.357. The third-order valence-electron chi connectivity index (χ3n) is 2.56. The van der Waals surface area contributed by atoms with Crippen molar-refractivity contribution in [3.8, 4) is 6.07 Å². The summed E-state index contributed by atoms with van der Waals surface area (Å²) in [4.78, 5) is 23.4. The summed E-state index contributed by atoms with van der Waals surface area (Å²) < 4.78 is 4.75. The van der Waals surface area contributed by atoms with E-state index in [0.29, 0.717) is 5.56 Å². The molecule has 0 heterocycles. The molecule has 1 aromatic carbocycles. The Morgan fingerprint density at radius 1 is 1.39 bits per heavy atom. The SMILES string of the molecule is CCOC(=O)C(C#N)CC(=O)c1ccccc1C. The molecule has 94 valence electrons. The molecule has 0 N–H and O–H groups in total. The molecule has 1 aromatic rings. The predicted molar refractivity (Wildman–Crippen MR) is 65.9 cm³/mol. The molecule has 0 saturated heterocycles. The van der Waals surface area contributed by atoms with Gasteiger partial charge in [-0.05, 0) is 19.4 Å². The lowest BCUT2D eigenvalue weighted by Crippen LogP contribution is -2.20. The average molecular weight is 245 g/mol. The Balaban J connectivity index is 2.78. The van der Waals surface area contributed by atoms with E-state index in [1.807, 2.05) is 25.1 Å². The van der Waals surface area contributed by atoms with Gasteiger partial charge in [0.15, 0.2) is 11.7 Å². The number of ketones is 1. The largest absolute Gasteiger partial charge is 0.465 e. The number of carbonyl (C=O) groups is 2. The van der Waals surface area contributed by atoms with Crippen LogP contribution >= 0.6 is 0 Å². The molecule has 4 heteroatoms. The summed E-state index contributed by atoms with van der Waals surface area (Å²) in [7, 11) is 0. The molecule has 1 atom stereocenters. The van der Waals surface area contributed by atoms with E-state index in [1.165, 1.54) is 0 Å². The molecule has 18 heavy (non-hydrogen) atoms. The van der Waals surface area contributed by atoms with Crippen molar-refractivity contribution in [1.29, 1.82) is 5.26 Å². The van der Waals surface area contributed by atoms with Crippen molar-refractivity contribution in [2.24, 2.45) is 5.92 Å². The van der Waals surface area contributed by atoms with Crippen molar-refractivity contribution in [3.63, 3.8) is 0 Å². The Kier molecular flexibility index (Phi) is 5.06. The first kappa shape index (κ1) is 13.9. The van der Waals surface area contributed by atoms with Crippen molar-refractivity contribution in [2.75, 3.05) is 6.61 Å². The van der Waals surface area contributed by atoms with Crippen LogP contribution in [0.4, 0.5) is 0 Å². The molecule has 0 bridgehead atoms. The third kappa shape index (κ3) is 3.42. The lowest BCUT2D eigenvalue weighted by molar-refractivity contribution is -0.145. The number of rotatable bonds is 5. The first-order valence-corrected chi connectivity index (χ1v) is 5.75. The van der Waals surface area contributed by atoms with Gasteiger partial charge in [0, 0.05) is 12.0 Å². The van der Waals surface area contributed by atoms with Gasteiger partial charge < -0.3 is 4.74 Å². The third-order valence-corrected chi connectivity index (χ3v) is 2.56. The van der Waals surface area contributed by atoms with E-state index in [1.54, 1.807) is 19.1 Å². The van der Waals surface area contributed by atoms with Gasteiger partial charge in [-0.2, -0.15) is 5.26 Å². The molecule has 1 unspecified atom stereocenters. The van der Waals surface area contributed by atoms with Crippen molar-refractivity contribution < 1.29 is 14.3 Å². The second-order valence-corrected chi connectivity index (χ2v) is 3.88. The van der Waals surface area contributed by atoms with E-state index in [9.17, 15) is 9.59 Å². The van der Waals surface area contributed by atoms with Crippen molar-refractivity contribution in [2.45, 2.75) is 20.3 Å². The number of carbonyl (C=O) groups excluding carboxylic acids is 2. The van der Waals surface area contributed by atoms with Gasteiger partial charge >= 0.3 is 5.97 Å². The lowest BCUT2D eigenvalue weighted by Gasteiger charge is -2.08. The van der Waals surface area contributed by atoms with Gasteiger partial charge in [-0.1, -0.05) is 24.3 Å². The van der Waals surface area contributed by atoms with Crippen LogP contribution in [0.2, 0.25) is 0 Å². The quantitative estimate of drug-likeness (QED) is 0.589. The zero-order valence-electron chi connectivity index (χ0n) is 10.5. The number of ether oxygens (including phenoxy) is 1. The zero-order valence-corrected chi connectivity index (χ0v) is 10.5. The minimum Gasteiger partial charge on any atom is -0.465 e. The van der Waals surface area contributed by atoms with E-state index in [-0.39, 0.29) is 18.8 Å². The van der Waals surface area contributed by atoms with E-state index < -0.39 is 11.9 Å². The highest BCUT2D eigenvalue weighted by molar-refractivity contribution is 5.99. The van der Waals surface area contributed by atoms with Crippen LogP contribution < -0.4 is 0 Å². The second kappa shape index (κ2) is 6.55. The van der Waals surface area contributed by atoms with Crippen LogP contribution in [0.25, 0.3) is 0 Å². The zero-order chi connectivity index (χ0) is 13.5. The molecule has 4 nitrogen and oxygen atoms in total. The van der Waals surface area contributed by atoms with Crippen LogP contribution in [-0.4, -0.2) is 18.4 Å². The maximum Gasteiger partial charge on any atom is 0.323 e. The van der Waals surface area contributed by atoms with E-state index >= 15 is 0 Å². The van der Waals surface area contributed by atoms with Crippen LogP contribution in [0.1, 0.15) is 29.3 Å². The Morgan fingerprint density at radius 3 is 2.61 bits per heavy atom. The van der Waals surface area contributed by atoms with Crippen LogP contribution in [0.3, 0.4) is 0 Å². The number of aryl methyl sites for hydroxylation is 1. The predicted octanol–water partition coefficient (Wildman–Crippen LogP) is 2.27. The summed E-state index contributed by atoms with van der Waals surface area (Å²) >= 11 is 0. The van der Waals surface area contributed by atoms with Gasteiger partial charge in [0.05, 0.1) is 12.7 Å². The lowest BCUT2D eigenvalue weighted by atomic mass is 9.96. The van der Waals surface area contributed by atoms with Crippen LogP contribution in [0.15, 0.2) is 24.3 Å². The maximum atomic E-state index is 12.0. The number of nitriles is 1. The molecular formula is C14H15NO3. The minimum atomic E-state index is -1.03. The van der Waals surface area contributed by atoms with E-state index in [0.717, 1.165) is 5.56 Å². The summed E-state index contributed by atoms with van der Waals surface area (Å²) in [6.07, 6.45) is -0.139. The molecular weight excluding hydrogens is 230 g/mol. The number of Topliss-reactive ketones (excluding diaryl/α,β-unsaturated/α-hetero) is 1. The fourth-order valence-electron chi connectivity index (χ4n) is 1.61. The first-order chi connectivity index (χ1) is 8.60. The number of nitrogens with zero attached hydrogens (tertiary/aromatic N) is 1. The van der Waals surface area contributed by atoms with Gasteiger partial charge in [-0.3, -0.25) is 9.59 Å². The monoisotopic (exact) mass is 245 g/mol. The summed E-state index contributed by atoms with van der Waals surface area (Å²) in [5, 5.41) is 8.89. The highest BCUT2D eigenvalue weighted by atomic mass is 16.5. The van der Waals surface area contributed by atoms with E-state index in [4.69, 9.17) is 10.00 Å². The molecule has 0 aliphatic heterocycles. The van der Waals surface area contributed by atoms with Gasteiger partial charge in [-0.25, -0.2) is 0 Å². The molecule has 1 rings (SSSR count). The summed E-state index contributed by atoms with van der Waals surface area (Å²) in [5.41, 5.74) is 1.38. The Morgan fingerprint density at radius 2 is 2.06 bits per heavy atom. The average Bonchev–Trinajstić information content (AvgIpc) is 2.36.